The third-order valence-electron chi connectivity index (χ3n) is 4.04. The highest BCUT2D eigenvalue weighted by atomic mass is 32.1. The highest BCUT2D eigenvalue weighted by molar-refractivity contribution is 7.09. The highest BCUT2D eigenvalue weighted by Gasteiger charge is 2.23. The fraction of sp³-hybridized carbons (Fsp3) is 0.250. The largest absolute Gasteiger partial charge is 0.350 e. The van der Waals surface area contributed by atoms with Crippen LogP contribution in [-0.2, 0) is 19.6 Å². The Morgan fingerprint density at radius 2 is 2.08 bits per heavy atom. The summed E-state index contributed by atoms with van der Waals surface area (Å²) in [5.41, 5.74) is -0.431. The van der Waals surface area contributed by atoms with Crippen molar-refractivity contribution in [2.75, 3.05) is 6.54 Å². The predicted octanol–water partition coefficient (Wildman–Crippen LogP) is 2.39. The molecule has 3 heterocycles. The lowest BCUT2D eigenvalue weighted by Crippen LogP contribution is -2.37. The van der Waals surface area contributed by atoms with Gasteiger partial charge in [-0.15, -0.1) is 16.4 Å². The van der Waals surface area contributed by atoms with E-state index in [0.717, 1.165) is 29.9 Å². The summed E-state index contributed by atoms with van der Waals surface area (Å²) < 4.78 is 29.6. The number of hydrogen-bond acceptors (Lipinski definition) is 4. The third-order valence-corrected chi connectivity index (χ3v) is 4.90. The summed E-state index contributed by atoms with van der Waals surface area (Å²) in [6, 6.07) is 7.18. The smallest absolute Gasteiger partial charge is 0.289 e. The van der Waals surface area contributed by atoms with E-state index < -0.39 is 17.3 Å². The number of hydrogen-bond donors (Lipinski definition) is 0. The summed E-state index contributed by atoms with van der Waals surface area (Å²) in [6.45, 7) is 2.54. The number of benzene rings is 1. The molecule has 0 atom stereocenters. The van der Waals surface area contributed by atoms with E-state index in [1.54, 1.807) is 15.9 Å². The number of fused-ring (bicyclic) bond motifs is 1. The lowest BCUT2D eigenvalue weighted by atomic mass is 10.3. The molecule has 0 radical (unpaired) electrons. The summed E-state index contributed by atoms with van der Waals surface area (Å²) in [7, 11) is 0. The topological polar surface area (TPSA) is 43.1 Å². The fourth-order valence-corrected chi connectivity index (χ4v) is 3.61. The van der Waals surface area contributed by atoms with Crippen molar-refractivity contribution in [3.63, 3.8) is 0 Å². The number of thiophene rings is 1. The second kappa shape index (κ2) is 5.95. The number of halogens is 2. The van der Waals surface area contributed by atoms with Crippen LogP contribution in [0, 0.1) is 11.6 Å². The van der Waals surface area contributed by atoms with Gasteiger partial charge < -0.3 is 0 Å². The average molecular weight is 348 g/mol. The third kappa shape index (κ3) is 2.67. The van der Waals surface area contributed by atoms with Crippen molar-refractivity contribution >= 4 is 11.3 Å². The molecule has 5 nitrogen and oxygen atoms in total. The molecule has 1 aliphatic heterocycles. The molecular formula is C16H14F2N4OS. The maximum atomic E-state index is 14.0. The molecule has 0 fully saturated rings. The first-order chi connectivity index (χ1) is 11.6. The van der Waals surface area contributed by atoms with Crippen LogP contribution in [0.4, 0.5) is 8.78 Å². The minimum Gasteiger partial charge on any atom is -0.289 e. The van der Waals surface area contributed by atoms with Gasteiger partial charge in [-0.3, -0.25) is 9.47 Å². The molecule has 8 heteroatoms. The van der Waals surface area contributed by atoms with Gasteiger partial charge in [-0.2, -0.15) is 4.68 Å². The van der Waals surface area contributed by atoms with Gasteiger partial charge in [-0.25, -0.2) is 13.6 Å². The van der Waals surface area contributed by atoms with Gasteiger partial charge in [0.1, 0.15) is 17.3 Å². The first kappa shape index (κ1) is 15.2. The van der Waals surface area contributed by atoms with Crippen LogP contribution in [0.25, 0.3) is 5.69 Å². The second-order valence-corrected chi connectivity index (χ2v) is 6.68. The minimum atomic E-state index is -0.803. The molecule has 0 aliphatic carbocycles. The molecule has 0 amide bonds. The Balaban J connectivity index is 1.65. The molecule has 0 N–H and O–H groups in total. The molecule has 3 aromatic rings. The summed E-state index contributed by atoms with van der Waals surface area (Å²) in [6.07, 6.45) is 0. The fourth-order valence-electron chi connectivity index (χ4n) is 2.87. The van der Waals surface area contributed by atoms with Gasteiger partial charge in [0.15, 0.2) is 5.82 Å². The highest BCUT2D eigenvalue weighted by Crippen LogP contribution is 2.17. The summed E-state index contributed by atoms with van der Waals surface area (Å²) >= 11 is 1.69. The van der Waals surface area contributed by atoms with Crippen molar-refractivity contribution in [2.24, 2.45) is 0 Å². The molecule has 0 unspecified atom stereocenters. The van der Waals surface area contributed by atoms with Crippen LogP contribution < -0.4 is 5.69 Å². The summed E-state index contributed by atoms with van der Waals surface area (Å²) in [5.74, 6) is -0.898. The number of rotatable bonds is 3. The molecule has 1 aliphatic rings. The first-order valence-corrected chi connectivity index (χ1v) is 8.38. The molecule has 2 aromatic heterocycles. The van der Waals surface area contributed by atoms with Gasteiger partial charge >= 0.3 is 5.69 Å². The van der Waals surface area contributed by atoms with Gasteiger partial charge in [-0.1, -0.05) is 6.07 Å². The maximum absolute atomic E-state index is 14.0. The Morgan fingerprint density at radius 3 is 2.83 bits per heavy atom. The van der Waals surface area contributed by atoms with Crippen LogP contribution in [0.2, 0.25) is 0 Å². The van der Waals surface area contributed by atoms with E-state index in [2.05, 4.69) is 16.1 Å². The van der Waals surface area contributed by atoms with E-state index in [-0.39, 0.29) is 5.69 Å². The van der Waals surface area contributed by atoms with Gasteiger partial charge in [0.05, 0.1) is 6.54 Å². The van der Waals surface area contributed by atoms with Crippen molar-refractivity contribution < 1.29 is 8.78 Å². The van der Waals surface area contributed by atoms with E-state index in [1.807, 2.05) is 11.4 Å². The zero-order valence-corrected chi connectivity index (χ0v) is 13.5. The molecular weight excluding hydrogens is 334 g/mol. The monoisotopic (exact) mass is 348 g/mol. The van der Waals surface area contributed by atoms with Gasteiger partial charge in [-0.05, 0) is 23.6 Å². The molecule has 0 saturated heterocycles. The van der Waals surface area contributed by atoms with E-state index in [4.69, 9.17) is 0 Å². The predicted molar refractivity (Wildman–Crippen MR) is 86.2 cm³/mol. The normalized spacial score (nSPS) is 14.8. The number of aromatic nitrogens is 3. The molecule has 1 aromatic carbocycles. The second-order valence-electron chi connectivity index (χ2n) is 5.65. The minimum absolute atomic E-state index is 0.0342. The van der Waals surface area contributed by atoms with Crippen LogP contribution >= 0.6 is 11.3 Å². The van der Waals surface area contributed by atoms with Crippen LogP contribution in [0.15, 0.2) is 40.5 Å². The zero-order chi connectivity index (χ0) is 16.7. The number of nitrogens with zero attached hydrogens (tertiary/aromatic N) is 4. The van der Waals surface area contributed by atoms with Gasteiger partial charge in [0, 0.05) is 30.6 Å². The van der Waals surface area contributed by atoms with E-state index in [9.17, 15) is 13.6 Å². The van der Waals surface area contributed by atoms with Crippen LogP contribution in [0.3, 0.4) is 0 Å². The molecule has 124 valence electrons. The molecule has 0 saturated carbocycles. The molecule has 0 spiro atoms. The molecule has 0 bridgehead atoms. The van der Waals surface area contributed by atoms with E-state index in [1.165, 1.54) is 10.9 Å². The van der Waals surface area contributed by atoms with Crippen LogP contribution in [0.5, 0.6) is 0 Å². The van der Waals surface area contributed by atoms with Crippen LogP contribution in [0.1, 0.15) is 10.7 Å². The SMILES string of the molecule is O=c1n(-c2ccc(F)cc2F)nc2n1CCN(Cc1cccs1)C2. The van der Waals surface area contributed by atoms with Crippen molar-refractivity contribution in [1.29, 1.82) is 0 Å². The van der Waals surface area contributed by atoms with Gasteiger partial charge in [0.25, 0.3) is 0 Å². The molecule has 24 heavy (non-hydrogen) atoms. The van der Waals surface area contributed by atoms with E-state index >= 15 is 0 Å². The Bertz CT molecular complexity index is 932. The van der Waals surface area contributed by atoms with Crippen molar-refractivity contribution in [3.05, 3.63) is 68.5 Å². The lowest BCUT2D eigenvalue weighted by Gasteiger charge is -2.25. The maximum Gasteiger partial charge on any atom is 0.350 e. The lowest BCUT2D eigenvalue weighted by molar-refractivity contribution is 0.209. The van der Waals surface area contributed by atoms with Crippen LogP contribution in [-0.4, -0.2) is 25.8 Å². The summed E-state index contributed by atoms with van der Waals surface area (Å²) in [4.78, 5) is 15.9. The average Bonchev–Trinajstić information content (AvgIpc) is 3.16. The van der Waals surface area contributed by atoms with Gasteiger partial charge in [0.2, 0.25) is 0 Å². The summed E-state index contributed by atoms with van der Waals surface area (Å²) in [5, 5.41) is 6.29. The Hall–Kier alpha value is -2.32. The molecule has 4 rings (SSSR count). The quantitative estimate of drug-likeness (QED) is 0.730. The van der Waals surface area contributed by atoms with Crippen molar-refractivity contribution in [2.45, 2.75) is 19.6 Å². The Labute approximate surface area is 140 Å². The Morgan fingerprint density at radius 1 is 1.21 bits per heavy atom. The Kier molecular flexibility index (Phi) is 3.78. The zero-order valence-electron chi connectivity index (χ0n) is 12.7. The first-order valence-electron chi connectivity index (χ1n) is 7.51. The standard InChI is InChI=1S/C16H14F2N4OS/c17-11-3-4-14(13(18)8-11)22-16(23)21-6-5-20(10-15(21)19-22)9-12-2-1-7-24-12/h1-4,7-8H,5-6,9-10H2. The van der Waals surface area contributed by atoms with E-state index in [0.29, 0.717) is 18.9 Å². The van der Waals surface area contributed by atoms with Crippen molar-refractivity contribution in [1.82, 2.24) is 19.2 Å². The van der Waals surface area contributed by atoms with Crippen molar-refractivity contribution in [3.8, 4) is 5.69 Å².